The number of hydrogen-bond acceptors (Lipinski definition) is 4. The summed E-state index contributed by atoms with van der Waals surface area (Å²) in [5.41, 5.74) is 3.73. The lowest BCUT2D eigenvalue weighted by molar-refractivity contribution is -0.116. The molecule has 0 unspecified atom stereocenters. The third-order valence-corrected chi connectivity index (χ3v) is 6.73. The van der Waals surface area contributed by atoms with Crippen molar-refractivity contribution in [2.24, 2.45) is 0 Å². The average Bonchev–Trinajstić information content (AvgIpc) is 3.32. The molecule has 136 valence electrons. The molecule has 2 aliphatic rings. The minimum Gasteiger partial charge on any atom is -0.343 e. The zero-order valence-electron chi connectivity index (χ0n) is 14.2. The summed E-state index contributed by atoms with van der Waals surface area (Å²) >= 11 is 14.1. The van der Waals surface area contributed by atoms with Gasteiger partial charge in [-0.2, -0.15) is 5.10 Å². The summed E-state index contributed by atoms with van der Waals surface area (Å²) in [6, 6.07) is 9.34. The Morgan fingerprint density at radius 3 is 2.85 bits per heavy atom. The Kier molecular flexibility index (Phi) is 4.11. The van der Waals surface area contributed by atoms with E-state index >= 15 is 0 Å². The number of rotatable bonds is 2. The molecule has 3 heterocycles. The second kappa shape index (κ2) is 6.51. The summed E-state index contributed by atoms with van der Waals surface area (Å²) in [6.45, 7) is 0. The number of thiophene rings is 1. The van der Waals surface area contributed by atoms with E-state index in [0.29, 0.717) is 16.5 Å². The van der Waals surface area contributed by atoms with Gasteiger partial charge in [0.1, 0.15) is 11.9 Å². The summed E-state index contributed by atoms with van der Waals surface area (Å²) in [5, 5.41) is 11.2. The van der Waals surface area contributed by atoms with Crippen LogP contribution in [0.5, 0.6) is 0 Å². The number of fused-ring (bicyclic) bond motifs is 1. The smallest absolute Gasteiger partial charge is 0.163 e. The van der Waals surface area contributed by atoms with Gasteiger partial charge in [0.25, 0.3) is 0 Å². The molecule has 27 heavy (non-hydrogen) atoms. The van der Waals surface area contributed by atoms with Gasteiger partial charge >= 0.3 is 0 Å². The highest BCUT2D eigenvalue weighted by molar-refractivity contribution is 7.13. The molecule has 5 rings (SSSR count). The lowest BCUT2D eigenvalue weighted by Gasteiger charge is -2.33. The molecule has 4 nitrogen and oxygen atoms in total. The number of hydrogen-bond donors (Lipinski definition) is 1. The summed E-state index contributed by atoms with van der Waals surface area (Å²) in [5.74, 6) is 1.08. The average molecular weight is 416 g/mol. The largest absolute Gasteiger partial charge is 0.343 e. The van der Waals surface area contributed by atoms with E-state index in [0.717, 1.165) is 45.9 Å². The van der Waals surface area contributed by atoms with Gasteiger partial charge in [-0.15, -0.1) is 11.3 Å². The van der Waals surface area contributed by atoms with Gasteiger partial charge in [0.05, 0.1) is 21.8 Å². The number of ketones is 1. The summed E-state index contributed by atoms with van der Waals surface area (Å²) in [6.07, 6.45) is 4.14. The first-order valence-corrected chi connectivity index (χ1v) is 10.4. The van der Waals surface area contributed by atoms with Crippen molar-refractivity contribution in [1.82, 2.24) is 9.78 Å². The zero-order chi connectivity index (χ0) is 18.5. The van der Waals surface area contributed by atoms with Gasteiger partial charge < -0.3 is 5.32 Å². The van der Waals surface area contributed by atoms with Crippen molar-refractivity contribution in [2.45, 2.75) is 25.3 Å². The summed E-state index contributed by atoms with van der Waals surface area (Å²) in [7, 11) is 0. The number of aromatic nitrogens is 2. The Labute approximate surface area is 170 Å². The molecular weight excluding hydrogens is 401 g/mol. The van der Waals surface area contributed by atoms with E-state index < -0.39 is 0 Å². The lowest BCUT2D eigenvalue weighted by Crippen LogP contribution is -2.31. The van der Waals surface area contributed by atoms with Crippen LogP contribution in [0.15, 0.2) is 53.2 Å². The van der Waals surface area contributed by atoms with E-state index in [1.165, 1.54) is 0 Å². The number of carbonyl (C=O) groups is 1. The molecule has 7 heteroatoms. The molecule has 2 aromatic heterocycles. The molecule has 1 atom stereocenters. The Hall–Kier alpha value is -2.08. The van der Waals surface area contributed by atoms with E-state index in [1.807, 2.05) is 34.5 Å². The number of nitrogens with one attached hydrogen (secondary N) is 1. The van der Waals surface area contributed by atoms with E-state index in [2.05, 4.69) is 16.5 Å². The van der Waals surface area contributed by atoms with Gasteiger partial charge in [-0.1, -0.05) is 35.3 Å². The van der Waals surface area contributed by atoms with Crippen molar-refractivity contribution < 1.29 is 4.79 Å². The fourth-order valence-corrected chi connectivity index (χ4v) is 4.90. The molecule has 0 spiro atoms. The number of allylic oxidation sites excluding steroid dienone is 2. The Bertz CT molecular complexity index is 1080. The monoisotopic (exact) mass is 415 g/mol. The number of benzene rings is 1. The van der Waals surface area contributed by atoms with Crippen LogP contribution in [0.2, 0.25) is 10.0 Å². The molecule has 0 fully saturated rings. The molecule has 1 aliphatic carbocycles. The molecule has 1 N–H and O–H groups in total. The second-order valence-electron chi connectivity index (χ2n) is 6.70. The molecule has 1 aromatic carbocycles. The number of carbonyl (C=O) groups excluding carboxylic acids is 1. The molecule has 3 aromatic rings. The molecule has 0 amide bonds. The zero-order valence-corrected chi connectivity index (χ0v) is 16.5. The van der Waals surface area contributed by atoms with Crippen LogP contribution in [0.3, 0.4) is 0 Å². The van der Waals surface area contributed by atoms with Crippen molar-refractivity contribution >= 4 is 46.1 Å². The quantitative estimate of drug-likeness (QED) is 0.562. The predicted octanol–water partition coefficient (Wildman–Crippen LogP) is 5.94. The van der Waals surface area contributed by atoms with Crippen molar-refractivity contribution in [3.05, 3.63) is 68.8 Å². The molecule has 0 saturated carbocycles. The van der Waals surface area contributed by atoms with Gasteiger partial charge in [-0.25, -0.2) is 4.68 Å². The predicted molar refractivity (Wildman–Crippen MR) is 110 cm³/mol. The van der Waals surface area contributed by atoms with E-state index in [9.17, 15) is 4.79 Å². The van der Waals surface area contributed by atoms with Crippen LogP contribution in [0.1, 0.15) is 30.9 Å². The van der Waals surface area contributed by atoms with Crippen LogP contribution in [0, 0.1) is 0 Å². The van der Waals surface area contributed by atoms with Crippen LogP contribution in [-0.4, -0.2) is 15.6 Å². The number of Topliss-reactive ketones (excluding diaryl/α,β-unsaturated/α-hetero) is 1. The Morgan fingerprint density at radius 2 is 2.07 bits per heavy atom. The van der Waals surface area contributed by atoms with Crippen molar-refractivity contribution in [2.75, 3.05) is 5.32 Å². The topological polar surface area (TPSA) is 46.9 Å². The van der Waals surface area contributed by atoms with Crippen molar-refractivity contribution in [3.63, 3.8) is 0 Å². The van der Waals surface area contributed by atoms with Gasteiger partial charge in [-0.3, -0.25) is 4.79 Å². The first-order valence-electron chi connectivity index (χ1n) is 8.73. The van der Waals surface area contributed by atoms with Crippen molar-refractivity contribution in [3.8, 4) is 10.4 Å². The van der Waals surface area contributed by atoms with Gasteiger partial charge in [-0.05, 0) is 42.0 Å². The Balaban J connectivity index is 1.73. The lowest BCUT2D eigenvalue weighted by atomic mass is 9.85. The molecule has 0 saturated heterocycles. The minimum absolute atomic E-state index is 0.165. The third kappa shape index (κ3) is 2.73. The fourth-order valence-electron chi connectivity index (χ4n) is 3.86. The standard InChI is InChI=1S/C20H15Cl2N3OS/c21-13-7-6-11(9-14(13)22)19-18-15(3-1-4-16(18)26)24-20-12(10-23-25(19)20)17-5-2-8-27-17/h2,5-10,19,24H,1,3-4H2/t19-/m0/s1. The second-order valence-corrected chi connectivity index (χ2v) is 8.46. The summed E-state index contributed by atoms with van der Waals surface area (Å²) in [4.78, 5) is 14.0. The van der Waals surface area contributed by atoms with E-state index in [-0.39, 0.29) is 11.8 Å². The van der Waals surface area contributed by atoms with Crippen LogP contribution in [-0.2, 0) is 4.79 Å². The molecule has 0 radical (unpaired) electrons. The van der Waals surface area contributed by atoms with E-state index in [1.54, 1.807) is 17.4 Å². The highest BCUT2D eigenvalue weighted by Crippen LogP contribution is 2.45. The van der Waals surface area contributed by atoms with Gasteiger partial charge in [0.15, 0.2) is 5.78 Å². The number of nitrogens with zero attached hydrogens (tertiary/aromatic N) is 2. The van der Waals surface area contributed by atoms with Gasteiger partial charge in [0, 0.05) is 22.6 Å². The molecule has 0 bridgehead atoms. The maximum Gasteiger partial charge on any atom is 0.163 e. The SMILES string of the molecule is O=C1CCCC2=C1[C@H](c1ccc(Cl)c(Cl)c1)n1ncc(-c3cccs3)c1N2. The van der Waals surface area contributed by atoms with Crippen molar-refractivity contribution in [1.29, 1.82) is 0 Å². The van der Waals surface area contributed by atoms with Crippen LogP contribution in [0.25, 0.3) is 10.4 Å². The first kappa shape index (κ1) is 17.0. The van der Waals surface area contributed by atoms with Crippen LogP contribution >= 0.6 is 34.5 Å². The molecular formula is C20H15Cl2N3OS. The highest BCUT2D eigenvalue weighted by atomic mass is 35.5. The number of anilines is 1. The molecule has 1 aliphatic heterocycles. The third-order valence-electron chi connectivity index (χ3n) is 5.08. The minimum atomic E-state index is -0.299. The van der Waals surface area contributed by atoms with E-state index in [4.69, 9.17) is 23.2 Å². The normalized spacial score (nSPS) is 18.9. The first-order chi connectivity index (χ1) is 13.1. The fraction of sp³-hybridized carbons (Fsp3) is 0.200. The van der Waals surface area contributed by atoms with Crippen LogP contribution in [0.4, 0.5) is 5.82 Å². The summed E-state index contributed by atoms with van der Waals surface area (Å²) < 4.78 is 1.90. The van der Waals surface area contributed by atoms with Gasteiger partial charge in [0.2, 0.25) is 0 Å². The maximum absolute atomic E-state index is 12.8. The number of halogens is 2. The highest BCUT2D eigenvalue weighted by Gasteiger charge is 2.37. The van der Waals surface area contributed by atoms with Crippen LogP contribution < -0.4 is 5.32 Å². The maximum atomic E-state index is 12.8. The Morgan fingerprint density at radius 1 is 1.19 bits per heavy atom.